The molecule has 0 bridgehead atoms. The Morgan fingerprint density at radius 3 is 2.37 bits per heavy atom. The number of carbonyl (C=O) groups excluding carboxylic acids is 1. The molecule has 19 heavy (non-hydrogen) atoms. The van der Waals surface area contributed by atoms with E-state index >= 15 is 0 Å². The predicted molar refractivity (Wildman–Crippen MR) is 68.7 cm³/mol. The van der Waals surface area contributed by atoms with Gasteiger partial charge in [0.1, 0.15) is 0 Å². The molecule has 0 amide bonds. The molecule has 0 aliphatic rings. The SMILES string of the molecule is NCc1ccccc1CC(=O)c1cccc(F)c1F. The minimum atomic E-state index is -1.10. The molecule has 2 rings (SSSR count). The van der Waals surface area contributed by atoms with E-state index in [1.54, 1.807) is 12.1 Å². The highest BCUT2D eigenvalue weighted by Crippen LogP contribution is 2.16. The molecular weight excluding hydrogens is 248 g/mol. The molecule has 0 fully saturated rings. The number of Topliss-reactive ketones (excluding diaryl/α,β-unsaturated/α-hetero) is 1. The Hall–Kier alpha value is -2.07. The molecule has 0 atom stereocenters. The summed E-state index contributed by atoms with van der Waals surface area (Å²) in [5.41, 5.74) is 6.91. The topological polar surface area (TPSA) is 43.1 Å². The van der Waals surface area contributed by atoms with Gasteiger partial charge in [-0.3, -0.25) is 4.79 Å². The Kier molecular flexibility index (Phi) is 4.02. The maximum Gasteiger partial charge on any atom is 0.170 e. The van der Waals surface area contributed by atoms with Gasteiger partial charge in [0.25, 0.3) is 0 Å². The number of rotatable bonds is 4. The lowest BCUT2D eigenvalue weighted by molar-refractivity contribution is 0.0988. The highest BCUT2D eigenvalue weighted by atomic mass is 19.2. The van der Waals surface area contributed by atoms with E-state index in [4.69, 9.17) is 5.73 Å². The van der Waals surface area contributed by atoms with Crippen molar-refractivity contribution in [1.82, 2.24) is 0 Å². The minimum absolute atomic E-state index is 0.00769. The van der Waals surface area contributed by atoms with Gasteiger partial charge in [0.05, 0.1) is 5.56 Å². The zero-order valence-electron chi connectivity index (χ0n) is 10.2. The van der Waals surface area contributed by atoms with Gasteiger partial charge in [-0.1, -0.05) is 30.3 Å². The summed E-state index contributed by atoms with van der Waals surface area (Å²) in [4.78, 5) is 12.0. The van der Waals surface area contributed by atoms with Crippen molar-refractivity contribution in [3.63, 3.8) is 0 Å². The van der Waals surface area contributed by atoms with E-state index in [1.807, 2.05) is 12.1 Å². The van der Waals surface area contributed by atoms with Gasteiger partial charge in [0, 0.05) is 13.0 Å². The van der Waals surface area contributed by atoms with E-state index in [0.29, 0.717) is 6.54 Å². The second-order valence-corrected chi connectivity index (χ2v) is 4.17. The van der Waals surface area contributed by atoms with Crippen molar-refractivity contribution in [2.24, 2.45) is 5.73 Å². The fourth-order valence-electron chi connectivity index (χ4n) is 1.92. The second-order valence-electron chi connectivity index (χ2n) is 4.17. The van der Waals surface area contributed by atoms with E-state index in [-0.39, 0.29) is 12.0 Å². The van der Waals surface area contributed by atoms with Gasteiger partial charge in [-0.2, -0.15) is 0 Å². The zero-order valence-corrected chi connectivity index (χ0v) is 10.2. The first kappa shape index (κ1) is 13.4. The molecule has 2 aromatic carbocycles. The van der Waals surface area contributed by atoms with Gasteiger partial charge >= 0.3 is 0 Å². The molecular formula is C15H13F2NO. The van der Waals surface area contributed by atoms with Crippen LogP contribution in [0.25, 0.3) is 0 Å². The fourth-order valence-corrected chi connectivity index (χ4v) is 1.92. The zero-order chi connectivity index (χ0) is 13.8. The number of ketones is 1. The van der Waals surface area contributed by atoms with E-state index in [9.17, 15) is 13.6 Å². The lowest BCUT2D eigenvalue weighted by Gasteiger charge is -2.07. The van der Waals surface area contributed by atoms with E-state index in [2.05, 4.69) is 0 Å². The molecule has 2 aromatic rings. The van der Waals surface area contributed by atoms with Crippen LogP contribution in [0.3, 0.4) is 0 Å². The number of halogens is 2. The van der Waals surface area contributed by atoms with Crippen LogP contribution in [0.5, 0.6) is 0 Å². The molecule has 0 saturated heterocycles. The smallest absolute Gasteiger partial charge is 0.170 e. The summed E-state index contributed by atoms with van der Waals surface area (Å²) in [6.07, 6.45) is 0.00769. The Morgan fingerprint density at radius 1 is 1.00 bits per heavy atom. The first-order valence-corrected chi connectivity index (χ1v) is 5.87. The molecule has 0 radical (unpaired) electrons. The van der Waals surface area contributed by atoms with Crippen LogP contribution in [-0.2, 0) is 13.0 Å². The Morgan fingerprint density at radius 2 is 1.68 bits per heavy atom. The molecule has 98 valence electrons. The predicted octanol–water partition coefficient (Wildman–Crippen LogP) is 2.85. The van der Waals surface area contributed by atoms with Gasteiger partial charge in [-0.25, -0.2) is 8.78 Å². The number of benzene rings is 2. The number of nitrogens with two attached hydrogens (primary N) is 1. The lowest BCUT2D eigenvalue weighted by atomic mass is 9.98. The van der Waals surface area contributed by atoms with Crippen LogP contribution in [0, 0.1) is 11.6 Å². The van der Waals surface area contributed by atoms with E-state index in [1.165, 1.54) is 12.1 Å². The van der Waals surface area contributed by atoms with Crippen LogP contribution in [0.2, 0.25) is 0 Å². The van der Waals surface area contributed by atoms with Gasteiger partial charge in [0.15, 0.2) is 17.4 Å². The summed E-state index contributed by atoms with van der Waals surface area (Å²) in [5.74, 6) is -2.58. The largest absolute Gasteiger partial charge is 0.326 e. The lowest BCUT2D eigenvalue weighted by Crippen LogP contribution is -2.10. The van der Waals surface area contributed by atoms with E-state index in [0.717, 1.165) is 17.2 Å². The van der Waals surface area contributed by atoms with Crippen molar-refractivity contribution >= 4 is 5.78 Å². The third kappa shape index (κ3) is 2.85. The maximum atomic E-state index is 13.5. The summed E-state index contributed by atoms with van der Waals surface area (Å²) >= 11 is 0. The Bertz CT molecular complexity index is 611. The average Bonchev–Trinajstić information content (AvgIpc) is 2.42. The number of carbonyl (C=O) groups is 1. The standard InChI is InChI=1S/C15H13F2NO/c16-13-7-3-6-12(15(13)17)14(19)8-10-4-1-2-5-11(10)9-18/h1-7H,8-9,18H2. The van der Waals surface area contributed by atoms with Gasteiger partial charge in [0.2, 0.25) is 0 Å². The molecule has 2 N–H and O–H groups in total. The van der Waals surface area contributed by atoms with Crippen molar-refractivity contribution < 1.29 is 13.6 Å². The number of hydrogen-bond donors (Lipinski definition) is 1. The van der Waals surface area contributed by atoms with Crippen molar-refractivity contribution in [3.05, 3.63) is 70.8 Å². The summed E-state index contributed by atoms with van der Waals surface area (Å²) in [6, 6.07) is 10.8. The van der Waals surface area contributed by atoms with Crippen LogP contribution in [0.15, 0.2) is 42.5 Å². The molecule has 4 heteroatoms. The van der Waals surface area contributed by atoms with Crippen molar-refractivity contribution in [2.75, 3.05) is 0 Å². The van der Waals surface area contributed by atoms with Crippen molar-refractivity contribution in [2.45, 2.75) is 13.0 Å². The summed E-state index contributed by atoms with van der Waals surface area (Å²) in [7, 11) is 0. The minimum Gasteiger partial charge on any atom is -0.326 e. The quantitative estimate of drug-likeness (QED) is 0.860. The second kappa shape index (κ2) is 5.71. The maximum absolute atomic E-state index is 13.5. The van der Waals surface area contributed by atoms with Gasteiger partial charge < -0.3 is 5.73 Å². The summed E-state index contributed by atoms with van der Waals surface area (Å²) in [5, 5.41) is 0. The van der Waals surface area contributed by atoms with Crippen molar-refractivity contribution in [3.8, 4) is 0 Å². The molecule has 0 unspecified atom stereocenters. The molecule has 0 saturated carbocycles. The third-order valence-corrected chi connectivity index (χ3v) is 2.94. The summed E-state index contributed by atoms with van der Waals surface area (Å²) in [6.45, 7) is 0.301. The molecule has 0 spiro atoms. The van der Waals surface area contributed by atoms with Gasteiger partial charge in [-0.05, 0) is 23.3 Å². The molecule has 0 aliphatic carbocycles. The van der Waals surface area contributed by atoms with Gasteiger partial charge in [-0.15, -0.1) is 0 Å². The van der Waals surface area contributed by atoms with Crippen LogP contribution < -0.4 is 5.73 Å². The Balaban J connectivity index is 2.28. The molecule has 2 nitrogen and oxygen atoms in total. The van der Waals surface area contributed by atoms with Crippen LogP contribution in [0.4, 0.5) is 8.78 Å². The van der Waals surface area contributed by atoms with Crippen LogP contribution in [-0.4, -0.2) is 5.78 Å². The highest BCUT2D eigenvalue weighted by molar-refractivity contribution is 5.97. The number of hydrogen-bond acceptors (Lipinski definition) is 2. The average molecular weight is 261 g/mol. The molecule has 0 heterocycles. The van der Waals surface area contributed by atoms with Crippen LogP contribution >= 0.6 is 0 Å². The fraction of sp³-hybridized carbons (Fsp3) is 0.133. The molecule has 0 aromatic heterocycles. The van der Waals surface area contributed by atoms with E-state index < -0.39 is 17.4 Å². The third-order valence-electron chi connectivity index (χ3n) is 2.94. The summed E-state index contributed by atoms with van der Waals surface area (Å²) < 4.78 is 26.6. The highest BCUT2D eigenvalue weighted by Gasteiger charge is 2.16. The monoisotopic (exact) mass is 261 g/mol. The first-order valence-electron chi connectivity index (χ1n) is 5.87. The van der Waals surface area contributed by atoms with Crippen molar-refractivity contribution in [1.29, 1.82) is 0 Å². The first-order chi connectivity index (χ1) is 9.13. The van der Waals surface area contributed by atoms with Crippen LogP contribution in [0.1, 0.15) is 21.5 Å². The molecule has 0 aliphatic heterocycles. The normalized spacial score (nSPS) is 10.5. The Labute approximate surface area is 109 Å².